The minimum absolute atomic E-state index is 0.0806. The van der Waals surface area contributed by atoms with Crippen LogP contribution in [0.4, 0.5) is 0 Å². The van der Waals surface area contributed by atoms with E-state index in [0.29, 0.717) is 12.2 Å². The number of carbonyl (C=O) groups excluding carboxylic acids is 1. The molecule has 2 aromatic rings. The number of ether oxygens (including phenoxy) is 1. The molecule has 0 aliphatic rings. The van der Waals surface area contributed by atoms with Crippen molar-refractivity contribution in [2.24, 2.45) is 0 Å². The van der Waals surface area contributed by atoms with Crippen LogP contribution in [0.25, 0.3) is 0 Å². The van der Waals surface area contributed by atoms with Gasteiger partial charge in [-0.3, -0.25) is 0 Å². The van der Waals surface area contributed by atoms with Gasteiger partial charge < -0.3 is 4.74 Å². The fourth-order valence-electron chi connectivity index (χ4n) is 2.00. The van der Waals surface area contributed by atoms with Crippen LogP contribution in [0.2, 0.25) is 5.02 Å². The molecule has 0 aliphatic heterocycles. The number of benzene rings is 2. The first-order valence-electron chi connectivity index (χ1n) is 7.11. The van der Waals surface area contributed by atoms with Gasteiger partial charge in [0.15, 0.2) is 0 Å². The van der Waals surface area contributed by atoms with Gasteiger partial charge in [0, 0.05) is 0 Å². The number of halogens is 1. The van der Waals surface area contributed by atoms with Crippen molar-refractivity contribution in [3.8, 4) is 0 Å². The number of hydrogen-bond acceptors (Lipinski definition) is 4. The largest absolute Gasteiger partial charge is 0.593 e. The molecule has 0 fully saturated rings. The molecule has 0 saturated heterocycles. The van der Waals surface area contributed by atoms with E-state index in [-0.39, 0.29) is 23.8 Å². The monoisotopic (exact) mass is 351 g/mol. The molecule has 0 radical (unpaired) electrons. The minimum atomic E-state index is -2.47. The molecule has 0 aliphatic carbocycles. The van der Waals surface area contributed by atoms with Crippen LogP contribution in [-0.2, 0) is 20.4 Å². The lowest BCUT2D eigenvalue weighted by Gasteiger charge is -2.02. The van der Waals surface area contributed by atoms with E-state index in [1.54, 1.807) is 25.1 Å². The van der Waals surface area contributed by atoms with Crippen molar-refractivity contribution in [1.82, 2.24) is 0 Å². The van der Waals surface area contributed by atoms with Gasteiger partial charge >= 0.3 is 13.6 Å². The summed E-state index contributed by atoms with van der Waals surface area (Å²) in [6.45, 7) is 2.52. The van der Waals surface area contributed by atoms with E-state index in [0.717, 1.165) is 5.56 Å². The van der Waals surface area contributed by atoms with Crippen molar-refractivity contribution >= 4 is 25.2 Å². The van der Waals surface area contributed by atoms with E-state index in [9.17, 15) is 9.36 Å². The lowest BCUT2D eigenvalue weighted by Crippen LogP contribution is -2.04. The number of aryl methyl sites for hydroxylation is 1. The zero-order valence-electron chi connectivity index (χ0n) is 12.7. The van der Waals surface area contributed by atoms with Crippen molar-refractivity contribution in [2.45, 2.75) is 13.5 Å². The Labute approximate surface area is 141 Å². The number of hydrogen-bond donors (Lipinski definition) is 0. The lowest BCUT2D eigenvalue weighted by molar-refractivity contribution is 0.0883. The van der Waals surface area contributed by atoms with Crippen LogP contribution < -0.4 is 0 Å². The molecule has 1 atom stereocenters. The minimum Gasteiger partial charge on any atom is -0.374 e. The third-order valence-electron chi connectivity index (χ3n) is 3.15. The summed E-state index contributed by atoms with van der Waals surface area (Å²) in [5.74, 6) is 0. The summed E-state index contributed by atoms with van der Waals surface area (Å²) < 4.78 is 22.4. The highest BCUT2D eigenvalue weighted by atomic mass is 35.5. The molecular weight excluding hydrogens is 335 g/mol. The fourth-order valence-corrected chi connectivity index (χ4v) is 3.21. The van der Waals surface area contributed by atoms with Gasteiger partial charge in [-0.15, -0.1) is 4.52 Å². The third kappa shape index (κ3) is 5.22. The quantitative estimate of drug-likeness (QED) is 0.508. The van der Waals surface area contributed by atoms with Gasteiger partial charge in [-0.05, 0) is 28.7 Å². The van der Waals surface area contributed by atoms with Gasteiger partial charge in [0.25, 0.3) is 0 Å². The molecule has 4 nitrogen and oxygen atoms in total. The Bertz CT molecular complexity index is 668. The first-order chi connectivity index (χ1) is 11.1. The van der Waals surface area contributed by atoms with Crippen LogP contribution in [0.3, 0.4) is 0 Å². The summed E-state index contributed by atoms with van der Waals surface area (Å²) >= 11 is 5.99. The average Bonchev–Trinajstić information content (AvgIpc) is 2.55. The van der Waals surface area contributed by atoms with Gasteiger partial charge in [0.05, 0.1) is 23.8 Å². The summed E-state index contributed by atoms with van der Waals surface area (Å²) in [5.41, 5.74) is 1.38. The normalized spacial score (nSPS) is 11.3. The van der Waals surface area contributed by atoms with Crippen LogP contribution >= 0.6 is 19.6 Å². The third-order valence-corrected chi connectivity index (χ3v) is 4.44. The maximum absolute atomic E-state index is 12.1. The smallest absolute Gasteiger partial charge is 0.374 e. The molecule has 0 amide bonds. The lowest BCUT2D eigenvalue weighted by atomic mass is 10.1. The Hall–Kier alpha value is -1.58. The van der Waals surface area contributed by atoms with Gasteiger partial charge in [-0.2, -0.15) is 0 Å². The van der Waals surface area contributed by atoms with E-state index in [1.807, 2.05) is 30.3 Å². The summed E-state index contributed by atoms with van der Waals surface area (Å²) in [4.78, 5) is 12.1. The van der Waals surface area contributed by atoms with Crippen molar-refractivity contribution in [3.63, 3.8) is 0 Å². The molecule has 120 valence electrons. The van der Waals surface area contributed by atoms with Crippen LogP contribution in [0.15, 0.2) is 48.5 Å². The molecule has 0 bridgehead atoms. The summed E-state index contributed by atoms with van der Waals surface area (Å²) in [7, 11) is -2.47. The van der Waals surface area contributed by atoms with Crippen LogP contribution in [0.1, 0.15) is 21.5 Å². The molecule has 0 heterocycles. The Morgan fingerprint density at radius 3 is 2.52 bits per heavy atom. The van der Waals surface area contributed by atoms with E-state index in [4.69, 9.17) is 20.9 Å². The molecule has 0 N–H and O–H groups in total. The van der Waals surface area contributed by atoms with Gasteiger partial charge in [-0.25, -0.2) is 4.79 Å². The predicted octanol–water partition coefficient (Wildman–Crippen LogP) is 4.76. The maximum Gasteiger partial charge on any atom is 0.593 e. The summed E-state index contributed by atoms with van der Waals surface area (Å²) in [5, 5.41) is 0.280. The van der Waals surface area contributed by atoms with Gasteiger partial charge in [-0.1, -0.05) is 54.1 Å². The predicted molar refractivity (Wildman–Crippen MR) is 90.2 cm³/mol. The van der Waals surface area contributed by atoms with Crippen molar-refractivity contribution in [2.75, 3.05) is 13.2 Å². The van der Waals surface area contributed by atoms with Crippen molar-refractivity contribution in [1.29, 1.82) is 0 Å². The molecule has 1 unspecified atom stereocenters. The highest BCUT2D eigenvalue weighted by Gasteiger charge is 2.35. The Kier molecular flexibility index (Phi) is 6.87. The van der Waals surface area contributed by atoms with Gasteiger partial charge in [0.1, 0.15) is 6.61 Å². The zero-order chi connectivity index (χ0) is 16.7. The fraction of sp³-hybridized carbons (Fsp3) is 0.235. The van der Waals surface area contributed by atoms with Crippen molar-refractivity contribution < 1.29 is 18.6 Å². The van der Waals surface area contributed by atoms with Crippen LogP contribution in [0.5, 0.6) is 0 Å². The van der Waals surface area contributed by atoms with Crippen LogP contribution in [-0.4, -0.2) is 18.7 Å². The number of carbonyl (C=O) groups is 1. The molecular formula is C17H17ClO4P+. The van der Waals surface area contributed by atoms with E-state index in [2.05, 4.69) is 0 Å². The van der Waals surface area contributed by atoms with E-state index >= 15 is 0 Å². The summed E-state index contributed by atoms with van der Waals surface area (Å²) in [6.07, 6.45) is 0. The van der Waals surface area contributed by atoms with Crippen molar-refractivity contribution in [3.05, 3.63) is 70.2 Å². The molecule has 2 rings (SSSR count). The van der Waals surface area contributed by atoms with Crippen LogP contribution in [0, 0.1) is 6.92 Å². The number of rotatable bonds is 8. The Morgan fingerprint density at radius 1 is 1.09 bits per heavy atom. The SMILES string of the molecule is Cc1cccc(Cl)c1C(=O)[P+](=O)OCCOCc1ccccc1. The Balaban J connectivity index is 1.77. The molecule has 0 saturated carbocycles. The van der Waals surface area contributed by atoms with E-state index < -0.39 is 13.6 Å². The maximum atomic E-state index is 12.1. The molecule has 2 aromatic carbocycles. The molecule has 23 heavy (non-hydrogen) atoms. The zero-order valence-corrected chi connectivity index (χ0v) is 14.3. The highest BCUT2D eigenvalue weighted by molar-refractivity contribution is 7.60. The Morgan fingerprint density at radius 2 is 1.83 bits per heavy atom. The first kappa shape index (κ1) is 17.8. The second kappa shape index (κ2) is 8.90. The second-order valence-electron chi connectivity index (χ2n) is 4.87. The second-order valence-corrected chi connectivity index (χ2v) is 6.45. The standard InChI is InChI=1S/C17H17ClO4P/c1-13-6-5-9-15(18)16(13)17(19)23(20)22-11-10-21-12-14-7-3-2-4-8-14/h2-9H,10-12H2,1H3/q+1. The molecule has 0 aromatic heterocycles. The molecule has 0 spiro atoms. The highest BCUT2D eigenvalue weighted by Crippen LogP contribution is 2.33. The summed E-state index contributed by atoms with van der Waals surface area (Å²) in [6, 6.07) is 14.8. The first-order valence-corrected chi connectivity index (χ1v) is 8.66. The molecule has 6 heteroatoms. The topological polar surface area (TPSA) is 52.6 Å². The van der Waals surface area contributed by atoms with Gasteiger partial charge in [0.2, 0.25) is 0 Å². The average molecular weight is 352 g/mol. The van der Waals surface area contributed by atoms with E-state index in [1.165, 1.54) is 0 Å².